The van der Waals surface area contributed by atoms with E-state index in [1.165, 1.54) is 16.7 Å². The average Bonchev–Trinajstić information content (AvgIpc) is 2.43. The molecule has 0 aliphatic heterocycles. The zero-order valence-corrected chi connectivity index (χ0v) is 10.7. The Kier molecular flexibility index (Phi) is 2.71. The molecule has 0 radical (unpaired) electrons. The number of aromatic nitrogens is 3. The molecule has 0 amide bonds. The minimum absolute atomic E-state index is 0.0369. The van der Waals surface area contributed by atoms with Gasteiger partial charge in [-0.15, -0.1) is 0 Å². The van der Waals surface area contributed by atoms with Gasteiger partial charge in [0.05, 0.1) is 16.8 Å². The molecule has 2 N–H and O–H groups in total. The summed E-state index contributed by atoms with van der Waals surface area (Å²) in [4.78, 5) is 20.8. The molecule has 0 saturated carbocycles. The molecule has 0 unspecified atom stereocenters. The highest BCUT2D eigenvalue weighted by molar-refractivity contribution is 5.73. The lowest BCUT2D eigenvalue weighted by Gasteiger charge is -2.10. The topological polar surface area (TPSA) is 73.8 Å². The lowest BCUT2D eigenvalue weighted by Crippen LogP contribution is -2.22. The van der Waals surface area contributed by atoms with Crippen molar-refractivity contribution >= 4 is 16.7 Å². The largest absolute Gasteiger partial charge is 0.396 e. The third-order valence-corrected chi connectivity index (χ3v) is 3.05. The molecule has 0 atom stereocenters. The third kappa shape index (κ3) is 1.82. The molecule has 3 rings (SSSR count). The van der Waals surface area contributed by atoms with E-state index < -0.39 is 5.82 Å². The van der Waals surface area contributed by atoms with E-state index in [9.17, 15) is 9.18 Å². The summed E-state index contributed by atoms with van der Waals surface area (Å²) in [7, 11) is 0. The number of nitrogen functional groups attached to an aromatic ring is 1. The highest BCUT2D eigenvalue weighted by Gasteiger charge is 2.11. The minimum atomic E-state index is -0.569. The maximum atomic E-state index is 13.6. The van der Waals surface area contributed by atoms with E-state index in [4.69, 9.17) is 5.73 Å². The first kappa shape index (κ1) is 12.3. The van der Waals surface area contributed by atoms with E-state index in [0.717, 1.165) is 0 Å². The Morgan fingerprint density at radius 3 is 2.85 bits per heavy atom. The Balaban J connectivity index is 2.36. The zero-order chi connectivity index (χ0) is 14.3. The molecule has 5 nitrogen and oxygen atoms in total. The molecule has 20 heavy (non-hydrogen) atoms. The highest BCUT2D eigenvalue weighted by Crippen LogP contribution is 2.16. The van der Waals surface area contributed by atoms with Gasteiger partial charge in [0.25, 0.3) is 5.56 Å². The number of hydrogen-bond acceptors (Lipinski definition) is 4. The maximum absolute atomic E-state index is 13.6. The summed E-state index contributed by atoms with van der Waals surface area (Å²) >= 11 is 0. The SMILES string of the molecule is Cc1nc2ncccc2c(=O)n1-c1ccc(N)c(F)c1. The van der Waals surface area contributed by atoms with Crippen LogP contribution in [0, 0.1) is 12.7 Å². The van der Waals surface area contributed by atoms with Gasteiger partial charge in [0.1, 0.15) is 11.6 Å². The van der Waals surface area contributed by atoms with Gasteiger partial charge in [-0.2, -0.15) is 0 Å². The molecule has 0 spiro atoms. The van der Waals surface area contributed by atoms with Crippen molar-refractivity contribution in [3.63, 3.8) is 0 Å². The smallest absolute Gasteiger partial charge is 0.267 e. The van der Waals surface area contributed by atoms with Crippen LogP contribution < -0.4 is 11.3 Å². The molecule has 6 heteroatoms. The van der Waals surface area contributed by atoms with Crippen LogP contribution in [0.15, 0.2) is 41.3 Å². The fourth-order valence-electron chi connectivity index (χ4n) is 2.08. The van der Waals surface area contributed by atoms with E-state index in [0.29, 0.717) is 22.5 Å². The Labute approximate surface area is 113 Å². The van der Waals surface area contributed by atoms with Crippen molar-refractivity contribution in [3.05, 3.63) is 58.5 Å². The van der Waals surface area contributed by atoms with Crippen molar-refractivity contribution in [2.75, 3.05) is 5.73 Å². The predicted octanol–water partition coefficient (Wildman–Crippen LogP) is 1.81. The summed E-state index contributed by atoms with van der Waals surface area (Å²) < 4.78 is 14.9. The molecule has 100 valence electrons. The molecule has 0 saturated heterocycles. The molecule has 0 aliphatic carbocycles. The van der Waals surface area contributed by atoms with Crippen LogP contribution in [0.3, 0.4) is 0 Å². The second-order valence-electron chi connectivity index (χ2n) is 4.38. The molecule has 0 fully saturated rings. The van der Waals surface area contributed by atoms with Gasteiger partial charge in [-0.05, 0) is 31.2 Å². The van der Waals surface area contributed by atoms with Crippen LogP contribution in [0.1, 0.15) is 5.82 Å². The van der Waals surface area contributed by atoms with E-state index in [-0.39, 0.29) is 11.2 Å². The van der Waals surface area contributed by atoms with Crippen molar-refractivity contribution < 1.29 is 4.39 Å². The highest BCUT2D eigenvalue weighted by atomic mass is 19.1. The summed E-state index contributed by atoms with van der Waals surface area (Å²) in [5, 5.41) is 0.385. The lowest BCUT2D eigenvalue weighted by molar-refractivity contribution is 0.630. The van der Waals surface area contributed by atoms with E-state index >= 15 is 0 Å². The number of rotatable bonds is 1. The van der Waals surface area contributed by atoms with Gasteiger partial charge >= 0.3 is 0 Å². The maximum Gasteiger partial charge on any atom is 0.267 e. The van der Waals surface area contributed by atoms with Crippen molar-refractivity contribution in [2.45, 2.75) is 6.92 Å². The fourth-order valence-corrected chi connectivity index (χ4v) is 2.08. The number of pyridine rings is 1. The number of benzene rings is 1. The van der Waals surface area contributed by atoms with Crippen LogP contribution in [-0.4, -0.2) is 14.5 Å². The summed E-state index contributed by atoms with van der Waals surface area (Å²) in [6, 6.07) is 7.52. The first-order valence-electron chi connectivity index (χ1n) is 5.97. The molecule has 1 aromatic carbocycles. The number of anilines is 1. The summed E-state index contributed by atoms with van der Waals surface area (Å²) in [6.07, 6.45) is 1.57. The number of aryl methyl sites for hydroxylation is 1. The second-order valence-corrected chi connectivity index (χ2v) is 4.38. The number of halogens is 1. The van der Waals surface area contributed by atoms with Gasteiger partial charge in [0.2, 0.25) is 0 Å². The van der Waals surface area contributed by atoms with Gasteiger partial charge in [0.15, 0.2) is 5.65 Å². The predicted molar refractivity (Wildman–Crippen MR) is 74.2 cm³/mol. The van der Waals surface area contributed by atoms with Gasteiger partial charge < -0.3 is 5.73 Å². The van der Waals surface area contributed by atoms with Crippen LogP contribution in [0.25, 0.3) is 16.7 Å². The standard InChI is InChI=1S/C14H11FN4O/c1-8-18-13-10(3-2-6-17-13)14(20)19(8)9-4-5-12(16)11(15)7-9/h2-7H,16H2,1H3. The molecule has 3 aromatic rings. The van der Waals surface area contributed by atoms with E-state index in [1.54, 1.807) is 31.3 Å². The first-order valence-corrected chi connectivity index (χ1v) is 5.97. The van der Waals surface area contributed by atoms with Gasteiger partial charge in [0, 0.05) is 12.3 Å². The lowest BCUT2D eigenvalue weighted by atomic mass is 10.2. The Bertz CT molecular complexity index is 873. The first-order chi connectivity index (χ1) is 9.58. The number of fused-ring (bicyclic) bond motifs is 1. The quantitative estimate of drug-likeness (QED) is 0.684. The molecule has 0 aliphatic rings. The minimum Gasteiger partial charge on any atom is -0.396 e. The third-order valence-electron chi connectivity index (χ3n) is 3.05. The van der Waals surface area contributed by atoms with Crippen molar-refractivity contribution in [1.82, 2.24) is 14.5 Å². The van der Waals surface area contributed by atoms with Crippen LogP contribution >= 0.6 is 0 Å². The second kappa shape index (κ2) is 4.41. The van der Waals surface area contributed by atoms with Gasteiger partial charge in [-0.25, -0.2) is 14.4 Å². The molecular formula is C14H11FN4O. The van der Waals surface area contributed by atoms with Crippen LogP contribution in [0.5, 0.6) is 0 Å². The summed E-state index contributed by atoms with van der Waals surface area (Å²) in [5.74, 6) is -0.134. The summed E-state index contributed by atoms with van der Waals surface area (Å²) in [5.41, 5.74) is 5.96. The van der Waals surface area contributed by atoms with E-state index in [1.807, 2.05) is 0 Å². The van der Waals surface area contributed by atoms with Crippen molar-refractivity contribution in [1.29, 1.82) is 0 Å². The van der Waals surface area contributed by atoms with Gasteiger partial charge in [-0.3, -0.25) is 9.36 Å². The van der Waals surface area contributed by atoms with E-state index in [2.05, 4.69) is 9.97 Å². The van der Waals surface area contributed by atoms with Crippen molar-refractivity contribution in [2.24, 2.45) is 0 Å². The molecular weight excluding hydrogens is 259 g/mol. The summed E-state index contributed by atoms with van der Waals surface area (Å²) in [6.45, 7) is 1.67. The average molecular weight is 270 g/mol. The monoisotopic (exact) mass is 270 g/mol. The fraction of sp³-hybridized carbons (Fsp3) is 0.0714. The van der Waals surface area contributed by atoms with Crippen LogP contribution in [0.4, 0.5) is 10.1 Å². The molecule has 0 bridgehead atoms. The molecule has 2 aromatic heterocycles. The Morgan fingerprint density at radius 2 is 2.10 bits per heavy atom. The molecule has 2 heterocycles. The van der Waals surface area contributed by atoms with Crippen LogP contribution in [0.2, 0.25) is 0 Å². The van der Waals surface area contributed by atoms with Gasteiger partial charge in [-0.1, -0.05) is 0 Å². The van der Waals surface area contributed by atoms with Crippen molar-refractivity contribution in [3.8, 4) is 5.69 Å². The number of nitrogens with zero attached hydrogens (tertiary/aromatic N) is 3. The number of nitrogens with two attached hydrogens (primary N) is 1. The zero-order valence-electron chi connectivity index (χ0n) is 10.7. The Morgan fingerprint density at radius 1 is 1.30 bits per heavy atom. The number of hydrogen-bond donors (Lipinski definition) is 1. The Hall–Kier alpha value is -2.76. The normalized spacial score (nSPS) is 10.9. The van der Waals surface area contributed by atoms with Crippen LogP contribution in [-0.2, 0) is 0 Å².